The summed E-state index contributed by atoms with van der Waals surface area (Å²) in [5, 5.41) is 6.74. The number of amides is 1. The average molecular weight is 252 g/mol. The first-order valence-electron chi connectivity index (χ1n) is 6.41. The highest BCUT2D eigenvalue weighted by molar-refractivity contribution is 5.75. The zero-order valence-corrected chi connectivity index (χ0v) is 10.5. The van der Waals surface area contributed by atoms with Crippen LogP contribution < -0.4 is 11.1 Å². The fraction of sp³-hybridized carbons (Fsp3) is 0.667. The van der Waals surface area contributed by atoms with Crippen LogP contribution in [0.2, 0.25) is 0 Å². The third-order valence-corrected chi connectivity index (χ3v) is 3.05. The van der Waals surface area contributed by atoms with Gasteiger partial charge in [-0.25, -0.2) is 0 Å². The van der Waals surface area contributed by atoms with E-state index in [1.807, 2.05) is 0 Å². The highest BCUT2D eigenvalue weighted by atomic mass is 16.5. The molecule has 1 aromatic heterocycles. The van der Waals surface area contributed by atoms with Gasteiger partial charge < -0.3 is 15.8 Å². The van der Waals surface area contributed by atoms with Crippen molar-refractivity contribution in [1.82, 2.24) is 15.1 Å². The molecule has 1 heterocycles. The Bertz CT molecular complexity index is 385. The summed E-state index contributed by atoms with van der Waals surface area (Å²) in [6.45, 7) is 1.32. The zero-order chi connectivity index (χ0) is 12.8. The molecule has 0 aliphatic heterocycles. The number of nitrogens with zero attached hydrogens (tertiary/aromatic N) is 2. The Kier molecular flexibility index (Phi) is 4.58. The predicted molar refractivity (Wildman–Crippen MR) is 67.9 cm³/mol. The summed E-state index contributed by atoms with van der Waals surface area (Å²) in [7, 11) is 0. The van der Waals surface area contributed by atoms with Crippen molar-refractivity contribution in [2.24, 2.45) is 0 Å². The van der Waals surface area contributed by atoms with E-state index in [-0.39, 0.29) is 12.5 Å². The topological polar surface area (TPSA) is 82.2 Å². The standard InChI is InChI=1S/C12H20N4O2/c13-11-5-7-16(15-11)9-12(17)14-6-8-18-10-3-1-2-4-10/h5,7,10H,1-4,6,8-9H2,(H2,13,15)(H,14,17). The van der Waals surface area contributed by atoms with Gasteiger partial charge in [0.25, 0.3) is 0 Å². The molecule has 1 amide bonds. The molecule has 0 bridgehead atoms. The Hall–Kier alpha value is -1.56. The molecule has 1 aliphatic carbocycles. The molecular weight excluding hydrogens is 232 g/mol. The number of nitrogens with two attached hydrogens (primary N) is 1. The first kappa shape index (κ1) is 12.9. The van der Waals surface area contributed by atoms with Crippen molar-refractivity contribution >= 4 is 11.7 Å². The van der Waals surface area contributed by atoms with E-state index in [2.05, 4.69) is 10.4 Å². The van der Waals surface area contributed by atoms with Gasteiger partial charge in [-0.3, -0.25) is 9.48 Å². The van der Waals surface area contributed by atoms with Crippen LogP contribution in [0.5, 0.6) is 0 Å². The van der Waals surface area contributed by atoms with E-state index in [0.29, 0.717) is 25.1 Å². The van der Waals surface area contributed by atoms with Gasteiger partial charge in [0.05, 0.1) is 12.7 Å². The molecule has 0 spiro atoms. The van der Waals surface area contributed by atoms with Crippen molar-refractivity contribution in [1.29, 1.82) is 0 Å². The van der Waals surface area contributed by atoms with Crippen molar-refractivity contribution in [3.8, 4) is 0 Å². The van der Waals surface area contributed by atoms with Gasteiger partial charge >= 0.3 is 0 Å². The number of rotatable bonds is 6. The van der Waals surface area contributed by atoms with Crippen LogP contribution in [0.1, 0.15) is 25.7 Å². The van der Waals surface area contributed by atoms with E-state index in [0.717, 1.165) is 12.8 Å². The molecule has 1 aliphatic rings. The molecule has 100 valence electrons. The summed E-state index contributed by atoms with van der Waals surface area (Å²) in [5.41, 5.74) is 5.46. The maximum atomic E-state index is 11.5. The Morgan fingerprint density at radius 2 is 2.33 bits per heavy atom. The van der Waals surface area contributed by atoms with E-state index in [9.17, 15) is 4.79 Å². The van der Waals surface area contributed by atoms with Crippen LogP contribution in [0.15, 0.2) is 12.3 Å². The van der Waals surface area contributed by atoms with Gasteiger partial charge in [-0.05, 0) is 18.9 Å². The molecule has 6 heteroatoms. The molecule has 1 aromatic rings. The number of carbonyl (C=O) groups excluding carboxylic acids is 1. The van der Waals surface area contributed by atoms with E-state index < -0.39 is 0 Å². The van der Waals surface area contributed by atoms with Gasteiger partial charge in [0, 0.05) is 12.7 Å². The number of aromatic nitrogens is 2. The second-order valence-corrected chi connectivity index (χ2v) is 4.57. The number of carbonyl (C=O) groups is 1. The van der Waals surface area contributed by atoms with Crippen molar-refractivity contribution < 1.29 is 9.53 Å². The van der Waals surface area contributed by atoms with Crippen molar-refractivity contribution in [2.45, 2.75) is 38.3 Å². The van der Waals surface area contributed by atoms with Crippen LogP contribution in [0, 0.1) is 0 Å². The fourth-order valence-corrected chi connectivity index (χ4v) is 2.14. The lowest BCUT2D eigenvalue weighted by atomic mass is 10.3. The van der Waals surface area contributed by atoms with Gasteiger partial charge in [-0.1, -0.05) is 12.8 Å². The van der Waals surface area contributed by atoms with Gasteiger partial charge in [0.15, 0.2) is 0 Å². The molecule has 3 N–H and O–H groups in total. The van der Waals surface area contributed by atoms with Crippen LogP contribution in [0.25, 0.3) is 0 Å². The maximum Gasteiger partial charge on any atom is 0.241 e. The van der Waals surface area contributed by atoms with Gasteiger partial charge in [0.1, 0.15) is 12.4 Å². The quantitative estimate of drug-likeness (QED) is 0.724. The molecule has 18 heavy (non-hydrogen) atoms. The monoisotopic (exact) mass is 252 g/mol. The average Bonchev–Trinajstić information content (AvgIpc) is 2.96. The summed E-state index contributed by atoms with van der Waals surface area (Å²) in [6.07, 6.45) is 6.91. The molecule has 0 saturated heterocycles. The Morgan fingerprint density at radius 3 is 3.00 bits per heavy atom. The normalized spacial score (nSPS) is 16.0. The molecule has 1 saturated carbocycles. The predicted octanol–water partition coefficient (Wildman–Crippen LogP) is 0.541. The fourth-order valence-electron chi connectivity index (χ4n) is 2.14. The molecule has 0 aromatic carbocycles. The maximum absolute atomic E-state index is 11.5. The smallest absolute Gasteiger partial charge is 0.241 e. The summed E-state index contributed by atoms with van der Waals surface area (Å²) in [4.78, 5) is 11.5. The second kappa shape index (κ2) is 6.39. The number of ether oxygens (including phenoxy) is 1. The molecule has 1 fully saturated rings. The van der Waals surface area contributed by atoms with Gasteiger partial charge in [-0.15, -0.1) is 0 Å². The summed E-state index contributed by atoms with van der Waals surface area (Å²) >= 11 is 0. The van der Waals surface area contributed by atoms with E-state index in [4.69, 9.17) is 10.5 Å². The third-order valence-electron chi connectivity index (χ3n) is 3.05. The van der Waals surface area contributed by atoms with Crippen LogP contribution in [0.4, 0.5) is 5.82 Å². The van der Waals surface area contributed by atoms with Crippen LogP contribution in [-0.4, -0.2) is 34.9 Å². The van der Waals surface area contributed by atoms with Gasteiger partial charge in [-0.2, -0.15) is 5.10 Å². The van der Waals surface area contributed by atoms with Crippen molar-refractivity contribution in [3.05, 3.63) is 12.3 Å². The molecule has 0 unspecified atom stereocenters. The van der Waals surface area contributed by atoms with E-state index in [1.54, 1.807) is 12.3 Å². The lowest BCUT2D eigenvalue weighted by molar-refractivity contribution is -0.122. The number of hydrogen-bond donors (Lipinski definition) is 2. The summed E-state index contributed by atoms with van der Waals surface area (Å²) in [5.74, 6) is 0.348. The highest BCUT2D eigenvalue weighted by Crippen LogP contribution is 2.20. The van der Waals surface area contributed by atoms with Crippen LogP contribution >= 0.6 is 0 Å². The third kappa shape index (κ3) is 4.03. The summed E-state index contributed by atoms with van der Waals surface area (Å²) in [6, 6.07) is 1.66. The first-order valence-corrected chi connectivity index (χ1v) is 6.41. The lowest BCUT2D eigenvalue weighted by Gasteiger charge is -2.11. The van der Waals surface area contributed by atoms with E-state index in [1.165, 1.54) is 17.5 Å². The Balaban J connectivity index is 1.57. The molecular formula is C12H20N4O2. The summed E-state index contributed by atoms with van der Waals surface area (Å²) < 4.78 is 7.17. The second-order valence-electron chi connectivity index (χ2n) is 4.57. The van der Waals surface area contributed by atoms with E-state index >= 15 is 0 Å². The Morgan fingerprint density at radius 1 is 1.56 bits per heavy atom. The minimum Gasteiger partial charge on any atom is -0.382 e. The number of nitrogen functional groups attached to an aromatic ring is 1. The molecule has 6 nitrogen and oxygen atoms in total. The largest absolute Gasteiger partial charge is 0.382 e. The SMILES string of the molecule is Nc1ccn(CC(=O)NCCOC2CCCC2)n1. The number of anilines is 1. The number of hydrogen-bond acceptors (Lipinski definition) is 4. The lowest BCUT2D eigenvalue weighted by Crippen LogP contribution is -2.31. The molecule has 0 atom stereocenters. The Labute approximate surface area is 106 Å². The molecule has 0 radical (unpaired) electrons. The number of nitrogens with one attached hydrogen (secondary N) is 1. The van der Waals surface area contributed by atoms with Crippen LogP contribution in [-0.2, 0) is 16.1 Å². The van der Waals surface area contributed by atoms with Crippen LogP contribution in [0.3, 0.4) is 0 Å². The zero-order valence-electron chi connectivity index (χ0n) is 10.5. The van der Waals surface area contributed by atoms with Crippen molar-refractivity contribution in [3.63, 3.8) is 0 Å². The highest BCUT2D eigenvalue weighted by Gasteiger charge is 2.14. The first-order chi connectivity index (χ1) is 8.74. The minimum absolute atomic E-state index is 0.0758. The van der Waals surface area contributed by atoms with Crippen molar-refractivity contribution in [2.75, 3.05) is 18.9 Å². The van der Waals surface area contributed by atoms with Gasteiger partial charge in [0.2, 0.25) is 5.91 Å². The minimum atomic E-state index is -0.0758. The molecule has 2 rings (SSSR count).